The Morgan fingerprint density at radius 3 is 2.71 bits per heavy atom. The second-order valence-corrected chi connectivity index (χ2v) is 5.33. The topological polar surface area (TPSA) is 95.7 Å². The second-order valence-electron chi connectivity index (χ2n) is 5.33. The third kappa shape index (κ3) is 3.77. The molecule has 0 unspecified atom stereocenters. The van der Waals surface area contributed by atoms with Gasteiger partial charge in [-0.15, -0.1) is 0 Å². The molecule has 0 aromatic heterocycles. The fourth-order valence-electron chi connectivity index (χ4n) is 2.60. The molecule has 0 spiro atoms. The normalized spacial score (nSPS) is 16.8. The Bertz CT molecular complexity index is 539. The van der Waals surface area contributed by atoms with Crippen molar-refractivity contribution in [3.8, 4) is 0 Å². The van der Waals surface area contributed by atoms with Crippen molar-refractivity contribution >= 4 is 11.7 Å². The van der Waals surface area contributed by atoms with Crippen LogP contribution in [0.5, 0.6) is 0 Å². The number of carboxylic acids is 1. The molecule has 2 rings (SSSR count). The number of nitrogens with zero attached hydrogens (tertiary/aromatic N) is 2. The summed E-state index contributed by atoms with van der Waals surface area (Å²) in [7, 11) is 2.07. The summed E-state index contributed by atoms with van der Waals surface area (Å²) >= 11 is 0. The van der Waals surface area contributed by atoms with E-state index in [1.54, 1.807) is 6.07 Å². The molecule has 0 radical (unpaired) electrons. The number of hydrogen-bond donors (Lipinski definition) is 2. The van der Waals surface area contributed by atoms with Crippen molar-refractivity contribution in [1.29, 1.82) is 0 Å². The predicted octanol–water partition coefficient (Wildman–Crippen LogP) is 1.48. The Morgan fingerprint density at radius 1 is 1.48 bits per heavy atom. The molecule has 0 saturated carbocycles. The van der Waals surface area contributed by atoms with E-state index >= 15 is 0 Å². The second kappa shape index (κ2) is 6.64. The van der Waals surface area contributed by atoms with E-state index in [1.165, 1.54) is 12.1 Å². The first-order chi connectivity index (χ1) is 9.99. The summed E-state index contributed by atoms with van der Waals surface area (Å²) in [6, 6.07) is 4.69. The van der Waals surface area contributed by atoms with Crippen LogP contribution in [-0.2, 0) is 6.54 Å². The molecule has 1 saturated heterocycles. The molecular formula is C14H19N3O4. The maximum absolute atomic E-state index is 11.3. The quantitative estimate of drug-likeness (QED) is 0.630. The molecule has 2 N–H and O–H groups in total. The first kappa shape index (κ1) is 15.4. The van der Waals surface area contributed by atoms with Crippen LogP contribution in [0.4, 0.5) is 5.69 Å². The van der Waals surface area contributed by atoms with Crippen molar-refractivity contribution in [3.05, 3.63) is 39.4 Å². The zero-order chi connectivity index (χ0) is 15.4. The lowest BCUT2D eigenvalue weighted by molar-refractivity contribution is -0.385. The van der Waals surface area contributed by atoms with E-state index in [2.05, 4.69) is 17.3 Å². The summed E-state index contributed by atoms with van der Waals surface area (Å²) in [5.74, 6) is -1.26. The molecule has 1 aliphatic heterocycles. The van der Waals surface area contributed by atoms with Crippen molar-refractivity contribution in [2.75, 3.05) is 20.1 Å². The summed E-state index contributed by atoms with van der Waals surface area (Å²) in [6.45, 7) is 2.33. The number of piperidine rings is 1. The van der Waals surface area contributed by atoms with Gasteiger partial charge in [-0.3, -0.25) is 10.1 Å². The van der Waals surface area contributed by atoms with Crippen LogP contribution in [0.1, 0.15) is 28.8 Å². The fraction of sp³-hybridized carbons (Fsp3) is 0.500. The summed E-state index contributed by atoms with van der Waals surface area (Å²) in [5, 5.41) is 23.5. The number of hydrogen-bond acceptors (Lipinski definition) is 5. The third-order valence-electron chi connectivity index (χ3n) is 3.84. The highest BCUT2D eigenvalue weighted by molar-refractivity contribution is 5.94. The molecule has 21 heavy (non-hydrogen) atoms. The average molecular weight is 293 g/mol. The summed E-state index contributed by atoms with van der Waals surface area (Å²) in [6.07, 6.45) is 1.99. The predicted molar refractivity (Wildman–Crippen MR) is 77.4 cm³/mol. The number of nitro groups is 1. The minimum Gasteiger partial charge on any atom is -0.477 e. The summed E-state index contributed by atoms with van der Waals surface area (Å²) < 4.78 is 0. The van der Waals surface area contributed by atoms with Gasteiger partial charge in [0.15, 0.2) is 0 Å². The highest BCUT2D eigenvalue weighted by Gasteiger charge is 2.24. The lowest BCUT2D eigenvalue weighted by Gasteiger charge is -2.29. The van der Waals surface area contributed by atoms with Gasteiger partial charge in [0, 0.05) is 18.7 Å². The number of carboxylic acid groups (broad SMARTS) is 1. The van der Waals surface area contributed by atoms with Gasteiger partial charge in [-0.05, 0) is 38.5 Å². The smallest absolute Gasteiger partial charge is 0.343 e. The van der Waals surface area contributed by atoms with Crippen molar-refractivity contribution < 1.29 is 14.8 Å². The molecule has 7 heteroatoms. The van der Waals surface area contributed by atoms with E-state index in [1.807, 2.05) is 0 Å². The number of rotatable bonds is 5. The van der Waals surface area contributed by atoms with E-state index in [0.717, 1.165) is 25.9 Å². The van der Waals surface area contributed by atoms with Gasteiger partial charge in [0.25, 0.3) is 5.69 Å². The van der Waals surface area contributed by atoms with Gasteiger partial charge >= 0.3 is 5.97 Å². The van der Waals surface area contributed by atoms with Gasteiger partial charge in [-0.25, -0.2) is 4.79 Å². The molecule has 0 bridgehead atoms. The third-order valence-corrected chi connectivity index (χ3v) is 3.84. The zero-order valence-electron chi connectivity index (χ0n) is 11.9. The number of carbonyl (C=O) groups is 1. The molecule has 1 fully saturated rings. The van der Waals surface area contributed by atoms with Crippen LogP contribution in [0.3, 0.4) is 0 Å². The van der Waals surface area contributed by atoms with Crippen molar-refractivity contribution in [1.82, 2.24) is 10.2 Å². The minimum absolute atomic E-state index is 0.220. The molecule has 1 aromatic carbocycles. The van der Waals surface area contributed by atoms with Crippen LogP contribution >= 0.6 is 0 Å². The van der Waals surface area contributed by atoms with Crippen LogP contribution < -0.4 is 5.32 Å². The molecule has 0 atom stereocenters. The van der Waals surface area contributed by atoms with Gasteiger partial charge in [-0.1, -0.05) is 12.1 Å². The number of nitro benzene ring substituents is 1. The van der Waals surface area contributed by atoms with Crippen molar-refractivity contribution in [2.24, 2.45) is 0 Å². The van der Waals surface area contributed by atoms with Crippen LogP contribution in [0.25, 0.3) is 0 Å². The Hall–Kier alpha value is -1.99. The van der Waals surface area contributed by atoms with Gasteiger partial charge in [0.2, 0.25) is 0 Å². The highest BCUT2D eigenvalue weighted by atomic mass is 16.6. The number of likely N-dealkylation sites (tertiary alicyclic amines) is 1. The lowest BCUT2D eigenvalue weighted by atomic mass is 10.0. The molecule has 0 aliphatic carbocycles. The maximum atomic E-state index is 11.3. The van der Waals surface area contributed by atoms with E-state index in [9.17, 15) is 20.0 Å². The maximum Gasteiger partial charge on any atom is 0.343 e. The number of nitrogens with one attached hydrogen (secondary N) is 1. The Balaban J connectivity index is 2.11. The van der Waals surface area contributed by atoms with E-state index in [4.69, 9.17) is 0 Å². The number of benzene rings is 1. The Labute approximate surface area is 122 Å². The average Bonchev–Trinajstić information content (AvgIpc) is 2.46. The highest BCUT2D eigenvalue weighted by Crippen LogP contribution is 2.22. The van der Waals surface area contributed by atoms with Crippen LogP contribution in [0.2, 0.25) is 0 Å². The monoisotopic (exact) mass is 293 g/mol. The minimum atomic E-state index is -1.26. The molecule has 7 nitrogen and oxygen atoms in total. The Kier molecular flexibility index (Phi) is 4.87. The molecule has 1 aliphatic rings. The SMILES string of the molecule is CN1CCC(NCc2cccc([N+](=O)[O-])c2C(=O)O)CC1. The largest absolute Gasteiger partial charge is 0.477 e. The Morgan fingerprint density at radius 2 is 2.14 bits per heavy atom. The lowest BCUT2D eigenvalue weighted by Crippen LogP contribution is -2.40. The van der Waals surface area contributed by atoms with Crippen molar-refractivity contribution in [3.63, 3.8) is 0 Å². The summed E-state index contributed by atoms with van der Waals surface area (Å²) in [4.78, 5) is 23.8. The van der Waals surface area contributed by atoms with E-state index in [-0.39, 0.29) is 11.3 Å². The van der Waals surface area contributed by atoms with Crippen LogP contribution in [-0.4, -0.2) is 47.1 Å². The van der Waals surface area contributed by atoms with E-state index in [0.29, 0.717) is 18.2 Å². The molecule has 1 aromatic rings. The first-order valence-corrected chi connectivity index (χ1v) is 6.90. The van der Waals surface area contributed by atoms with Gasteiger partial charge in [0.1, 0.15) is 5.56 Å². The molecule has 114 valence electrons. The van der Waals surface area contributed by atoms with Gasteiger partial charge in [0.05, 0.1) is 4.92 Å². The summed E-state index contributed by atoms with van der Waals surface area (Å²) in [5.41, 5.74) is -0.122. The van der Waals surface area contributed by atoms with Crippen LogP contribution in [0.15, 0.2) is 18.2 Å². The number of aromatic carboxylic acids is 1. The zero-order valence-corrected chi connectivity index (χ0v) is 11.9. The fourth-order valence-corrected chi connectivity index (χ4v) is 2.60. The molecular weight excluding hydrogens is 274 g/mol. The molecule has 0 amide bonds. The molecule has 1 heterocycles. The van der Waals surface area contributed by atoms with Crippen molar-refractivity contribution in [2.45, 2.75) is 25.4 Å². The van der Waals surface area contributed by atoms with E-state index < -0.39 is 10.9 Å². The standard InChI is InChI=1S/C14H19N3O4/c1-16-7-5-11(6-8-16)15-9-10-3-2-4-12(17(20)21)13(10)14(18)19/h2-4,11,15H,5-9H2,1H3,(H,18,19). The first-order valence-electron chi connectivity index (χ1n) is 6.90. The van der Waals surface area contributed by atoms with Gasteiger partial charge < -0.3 is 15.3 Å². The van der Waals surface area contributed by atoms with Crippen LogP contribution in [0, 0.1) is 10.1 Å². The van der Waals surface area contributed by atoms with Gasteiger partial charge in [-0.2, -0.15) is 0 Å².